The Morgan fingerprint density at radius 1 is 1.08 bits per heavy atom. The maximum absolute atomic E-state index is 14.1. The minimum atomic E-state index is -0.340. The van der Waals surface area contributed by atoms with Gasteiger partial charge in [0.1, 0.15) is 11.9 Å². The van der Waals surface area contributed by atoms with Crippen LogP contribution in [0, 0.1) is 29.0 Å². The highest BCUT2D eigenvalue weighted by Crippen LogP contribution is 2.60. The average Bonchev–Trinajstić information content (AvgIpc) is 2.60. The summed E-state index contributed by atoms with van der Waals surface area (Å²) in [6.45, 7) is 1.63. The van der Waals surface area contributed by atoms with Crippen LogP contribution >= 0.6 is 0 Å². The van der Waals surface area contributed by atoms with Crippen molar-refractivity contribution < 1.29 is 13.9 Å². The number of carbonyl (C=O) groups excluding carboxylic acids is 1. The lowest BCUT2D eigenvalue weighted by Crippen LogP contribution is -2.56. The number of hydrogen-bond acceptors (Lipinski definition) is 2. The Hall–Kier alpha value is -1.42. The monoisotopic (exact) mass is 343 g/mol. The van der Waals surface area contributed by atoms with Crippen LogP contribution in [0.1, 0.15) is 50.2 Å². The zero-order chi connectivity index (χ0) is 17.0. The van der Waals surface area contributed by atoms with E-state index in [4.69, 9.17) is 4.74 Å². The van der Waals surface area contributed by atoms with Crippen molar-refractivity contribution in [2.45, 2.75) is 44.6 Å². The molecular weight excluding hydrogens is 317 g/mol. The summed E-state index contributed by atoms with van der Waals surface area (Å²) in [5, 5.41) is 0. The topological polar surface area (TPSA) is 29.5 Å². The quantitative estimate of drug-likeness (QED) is 0.814. The van der Waals surface area contributed by atoms with E-state index < -0.39 is 0 Å². The number of ether oxygens (including phenoxy) is 1. The highest BCUT2D eigenvalue weighted by atomic mass is 19.1. The van der Waals surface area contributed by atoms with Crippen LogP contribution in [0.3, 0.4) is 0 Å². The summed E-state index contributed by atoms with van der Waals surface area (Å²) in [4.78, 5) is 15.5. The molecule has 1 amide bonds. The minimum absolute atomic E-state index is 0.119. The largest absolute Gasteiger partial charge is 0.370 e. The molecule has 5 fully saturated rings. The summed E-state index contributed by atoms with van der Waals surface area (Å²) in [6.07, 6.45) is 6.93. The lowest BCUT2D eigenvalue weighted by Gasteiger charge is -2.57. The smallest absolute Gasteiger partial charge is 0.228 e. The van der Waals surface area contributed by atoms with Gasteiger partial charge in [-0.15, -0.1) is 0 Å². The molecule has 4 heteroatoms. The zero-order valence-corrected chi connectivity index (χ0v) is 14.6. The molecule has 25 heavy (non-hydrogen) atoms. The van der Waals surface area contributed by atoms with Crippen molar-refractivity contribution in [1.29, 1.82) is 0 Å². The molecular formula is C21H26FNO2. The first-order valence-corrected chi connectivity index (χ1v) is 9.78. The number of hydrogen-bond donors (Lipinski definition) is 0. The number of carbonyl (C=O) groups is 1. The van der Waals surface area contributed by atoms with Crippen LogP contribution in [0.15, 0.2) is 24.3 Å². The minimum Gasteiger partial charge on any atom is -0.370 e. The van der Waals surface area contributed by atoms with Gasteiger partial charge in [-0.25, -0.2) is 4.39 Å². The van der Waals surface area contributed by atoms with E-state index in [9.17, 15) is 9.18 Å². The molecule has 5 aliphatic rings. The predicted octanol–water partition coefficient (Wildman–Crippen LogP) is 3.94. The van der Waals surface area contributed by atoms with E-state index in [-0.39, 0.29) is 17.3 Å². The van der Waals surface area contributed by atoms with Gasteiger partial charge in [0.15, 0.2) is 0 Å². The molecule has 1 aromatic carbocycles. The Balaban J connectivity index is 1.36. The lowest BCUT2D eigenvalue weighted by molar-refractivity contribution is -0.164. The molecule has 1 unspecified atom stereocenters. The first-order chi connectivity index (χ1) is 12.1. The predicted molar refractivity (Wildman–Crippen MR) is 92.3 cm³/mol. The van der Waals surface area contributed by atoms with Crippen molar-refractivity contribution in [3.05, 3.63) is 35.6 Å². The van der Waals surface area contributed by atoms with Gasteiger partial charge in [-0.3, -0.25) is 4.79 Å². The third kappa shape index (κ3) is 2.61. The molecule has 1 heterocycles. The summed E-state index contributed by atoms with van der Waals surface area (Å²) in [6, 6.07) is 6.78. The number of halogens is 1. The molecule has 0 aromatic heterocycles. The van der Waals surface area contributed by atoms with E-state index in [0.717, 1.165) is 37.0 Å². The Bertz CT molecular complexity index is 653. The summed E-state index contributed by atoms with van der Waals surface area (Å²) >= 11 is 0. The van der Waals surface area contributed by atoms with Crippen molar-refractivity contribution >= 4 is 5.91 Å². The molecule has 0 radical (unpaired) electrons. The van der Waals surface area contributed by atoms with Gasteiger partial charge in [0.2, 0.25) is 5.91 Å². The normalized spacial score (nSPS) is 39.6. The SMILES string of the molecule is O=C(N1CCOC(c2ccccc2F)C1)C12CC3CC(CC(C3)C1)C2. The second-order valence-corrected chi connectivity index (χ2v) is 8.83. The molecule has 1 aliphatic heterocycles. The molecule has 4 saturated carbocycles. The first kappa shape index (κ1) is 15.8. The Morgan fingerprint density at radius 3 is 2.36 bits per heavy atom. The number of nitrogens with zero attached hydrogens (tertiary/aromatic N) is 1. The van der Waals surface area contributed by atoms with Crippen molar-refractivity contribution in [1.82, 2.24) is 4.90 Å². The van der Waals surface area contributed by atoms with Gasteiger partial charge in [0.25, 0.3) is 0 Å². The molecule has 3 nitrogen and oxygen atoms in total. The van der Waals surface area contributed by atoms with E-state index >= 15 is 0 Å². The van der Waals surface area contributed by atoms with Crippen LogP contribution in [0.5, 0.6) is 0 Å². The Morgan fingerprint density at radius 2 is 1.72 bits per heavy atom. The van der Waals surface area contributed by atoms with E-state index in [1.54, 1.807) is 12.1 Å². The van der Waals surface area contributed by atoms with Crippen LogP contribution < -0.4 is 0 Å². The maximum atomic E-state index is 14.1. The number of benzene rings is 1. The van der Waals surface area contributed by atoms with Gasteiger partial charge in [-0.1, -0.05) is 18.2 Å². The molecule has 1 atom stereocenters. The number of morpholine rings is 1. The molecule has 6 rings (SSSR count). The molecule has 1 saturated heterocycles. The van der Waals surface area contributed by atoms with Crippen LogP contribution in [0.25, 0.3) is 0 Å². The van der Waals surface area contributed by atoms with Gasteiger partial charge in [-0.05, 0) is 62.3 Å². The third-order valence-corrected chi connectivity index (χ3v) is 7.10. The summed E-state index contributed by atoms with van der Waals surface area (Å²) in [7, 11) is 0. The van der Waals surface area contributed by atoms with E-state index in [1.807, 2.05) is 11.0 Å². The van der Waals surface area contributed by atoms with E-state index in [1.165, 1.54) is 25.3 Å². The van der Waals surface area contributed by atoms with Gasteiger partial charge in [0, 0.05) is 12.1 Å². The highest BCUT2D eigenvalue weighted by Gasteiger charge is 2.55. The second-order valence-electron chi connectivity index (χ2n) is 8.83. The first-order valence-electron chi connectivity index (χ1n) is 9.78. The van der Waals surface area contributed by atoms with Crippen LogP contribution in [-0.4, -0.2) is 30.5 Å². The fourth-order valence-corrected chi connectivity index (χ4v) is 6.47. The molecule has 1 aromatic rings. The van der Waals surface area contributed by atoms with Crippen LogP contribution in [0.4, 0.5) is 4.39 Å². The van der Waals surface area contributed by atoms with Crippen molar-refractivity contribution in [3.8, 4) is 0 Å². The van der Waals surface area contributed by atoms with Crippen LogP contribution in [-0.2, 0) is 9.53 Å². The molecule has 4 aliphatic carbocycles. The zero-order valence-electron chi connectivity index (χ0n) is 14.6. The van der Waals surface area contributed by atoms with Crippen molar-refractivity contribution in [2.75, 3.05) is 19.7 Å². The molecule has 134 valence electrons. The maximum Gasteiger partial charge on any atom is 0.228 e. The van der Waals surface area contributed by atoms with Crippen molar-refractivity contribution in [3.63, 3.8) is 0 Å². The third-order valence-electron chi connectivity index (χ3n) is 7.10. The van der Waals surface area contributed by atoms with Crippen molar-refractivity contribution in [2.24, 2.45) is 23.2 Å². The highest BCUT2D eigenvalue weighted by molar-refractivity contribution is 5.83. The van der Waals surface area contributed by atoms with Gasteiger partial charge in [0.05, 0.1) is 18.6 Å². The fourth-order valence-electron chi connectivity index (χ4n) is 6.47. The average molecular weight is 343 g/mol. The summed E-state index contributed by atoms with van der Waals surface area (Å²) < 4.78 is 19.9. The summed E-state index contributed by atoms with van der Waals surface area (Å²) in [5.41, 5.74) is 0.455. The Labute approximate surface area is 148 Å². The molecule has 4 bridgehead atoms. The van der Waals surface area contributed by atoms with Gasteiger partial charge < -0.3 is 9.64 Å². The number of rotatable bonds is 2. The van der Waals surface area contributed by atoms with E-state index in [0.29, 0.717) is 31.2 Å². The standard InChI is InChI=1S/C21H26FNO2/c22-18-4-2-1-3-17(18)19-13-23(5-6-25-19)20(24)21-10-14-7-15(11-21)9-16(8-14)12-21/h1-4,14-16,19H,5-13H2. The fraction of sp³-hybridized carbons (Fsp3) is 0.667. The van der Waals surface area contributed by atoms with Gasteiger partial charge in [-0.2, -0.15) is 0 Å². The molecule has 0 N–H and O–H groups in total. The van der Waals surface area contributed by atoms with Crippen LogP contribution in [0.2, 0.25) is 0 Å². The lowest BCUT2D eigenvalue weighted by atomic mass is 9.49. The van der Waals surface area contributed by atoms with E-state index in [2.05, 4.69) is 0 Å². The molecule has 0 spiro atoms. The summed E-state index contributed by atoms with van der Waals surface area (Å²) in [5.74, 6) is 2.38. The van der Waals surface area contributed by atoms with Gasteiger partial charge >= 0.3 is 0 Å². The Kier molecular flexibility index (Phi) is 3.67. The number of amides is 1. The second kappa shape index (κ2) is 5.80.